The number of piperidine rings is 1. The largest absolute Gasteiger partial charge is 0.504 e. The van der Waals surface area contributed by atoms with Crippen LogP contribution in [0.25, 0.3) is 0 Å². The SMILES string of the molecule is Oc1c(Cl)cc(C2CCNCC2)c(F)c1F. The van der Waals surface area contributed by atoms with Crippen molar-refractivity contribution in [2.24, 2.45) is 0 Å². The molecule has 1 heterocycles. The highest BCUT2D eigenvalue weighted by molar-refractivity contribution is 6.32. The van der Waals surface area contributed by atoms with Gasteiger partial charge in [0.2, 0.25) is 5.82 Å². The smallest absolute Gasteiger partial charge is 0.202 e. The van der Waals surface area contributed by atoms with Gasteiger partial charge in [-0.1, -0.05) is 11.6 Å². The number of aromatic hydroxyl groups is 1. The van der Waals surface area contributed by atoms with Crippen LogP contribution < -0.4 is 5.32 Å². The van der Waals surface area contributed by atoms with Crippen molar-refractivity contribution in [2.75, 3.05) is 13.1 Å². The Morgan fingerprint density at radius 3 is 2.50 bits per heavy atom. The van der Waals surface area contributed by atoms with Gasteiger partial charge in [0.15, 0.2) is 11.6 Å². The Labute approximate surface area is 97.2 Å². The van der Waals surface area contributed by atoms with Crippen LogP contribution >= 0.6 is 11.6 Å². The van der Waals surface area contributed by atoms with Gasteiger partial charge in [-0.3, -0.25) is 0 Å². The Morgan fingerprint density at radius 1 is 1.25 bits per heavy atom. The number of halogens is 3. The van der Waals surface area contributed by atoms with Crippen LogP contribution in [0.5, 0.6) is 5.75 Å². The lowest BCUT2D eigenvalue weighted by atomic mass is 9.89. The molecule has 0 aromatic heterocycles. The third-order valence-corrected chi connectivity index (χ3v) is 3.23. The molecule has 0 aliphatic carbocycles. The molecule has 2 N–H and O–H groups in total. The maximum Gasteiger partial charge on any atom is 0.202 e. The second-order valence-corrected chi connectivity index (χ2v) is 4.36. The van der Waals surface area contributed by atoms with Crippen LogP contribution in [0, 0.1) is 11.6 Å². The standard InChI is InChI=1S/C11H12ClF2NO/c12-8-5-7(6-1-3-15-4-2-6)9(13)10(14)11(8)16/h5-6,15-16H,1-4H2. The molecule has 1 aliphatic rings. The van der Waals surface area contributed by atoms with Gasteiger partial charge in [0.05, 0.1) is 5.02 Å². The van der Waals surface area contributed by atoms with Crippen LogP contribution in [0.15, 0.2) is 6.07 Å². The van der Waals surface area contributed by atoms with Gasteiger partial charge >= 0.3 is 0 Å². The van der Waals surface area contributed by atoms with Crippen LogP contribution in [0.1, 0.15) is 24.3 Å². The molecule has 0 atom stereocenters. The van der Waals surface area contributed by atoms with Crippen LogP contribution in [-0.4, -0.2) is 18.2 Å². The molecule has 5 heteroatoms. The van der Waals surface area contributed by atoms with Gasteiger partial charge in [0.1, 0.15) is 0 Å². The van der Waals surface area contributed by atoms with Gasteiger partial charge in [-0.05, 0) is 43.5 Å². The Kier molecular flexibility index (Phi) is 3.30. The highest BCUT2D eigenvalue weighted by atomic mass is 35.5. The molecule has 0 radical (unpaired) electrons. The molecular weight excluding hydrogens is 236 g/mol. The number of rotatable bonds is 1. The monoisotopic (exact) mass is 247 g/mol. The summed E-state index contributed by atoms with van der Waals surface area (Å²) in [6.45, 7) is 1.56. The zero-order valence-electron chi connectivity index (χ0n) is 8.56. The van der Waals surface area contributed by atoms with E-state index in [-0.39, 0.29) is 16.5 Å². The van der Waals surface area contributed by atoms with E-state index in [2.05, 4.69) is 5.32 Å². The predicted molar refractivity (Wildman–Crippen MR) is 57.9 cm³/mol. The fourth-order valence-electron chi connectivity index (χ4n) is 2.03. The van der Waals surface area contributed by atoms with Gasteiger partial charge in [-0.15, -0.1) is 0 Å². The average Bonchev–Trinajstić information content (AvgIpc) is 2.32. The lowest BCUT2D eigenvalue weighted by Gasteiger charge is -2.23. The van der Waals surface area contributed by atoms with E-state index in [1.54, 1.807) is 0 Å². The number of nitrogens with one attached hydrogen (secondary N) is 1. The summed E-state index contributed by atoms with van der Waals surface area (Å²) in [6, 6.07) is 1.32. The summed E-state index contributed by atoms with van der Waals surface area (Å²) in [7, 11) is 0. The van der Waals surface area contributed by atoms with Crippen molar-refractivity contribution in [3.63, 3.8) is 0 Å². The third kappa shape index (κ3) is 1.99. The normalized spacial score (nSPS) is 17.7. The predicted octanol–water partition coefficient (Wildman–Crippen LogP) is 2.79. The summed E-state index contributed by atoms with van der Waals surface area (Å²) >= 11 is 5.64. The quantitative estimate of drug-likeness (QED) is 0.748. The Bertz CT molecular complexity index is 405. The number of hydrogen-bond acceptors (Lipinski definition) is 2. The van der Waals surface area contributed by atoms with Crippen molar-refractivity contribution in [3.05, 3.63) is 28.3 Å². The molecule has 2 nitrogen and oxygen atoms in total. The van der Waals surface area contributed by atoms with Gasteiger partial charge in [-0.25, -0.2) is 4.39 Å². The first-order valence-electron chi connectivity index (χ1n) is 5.18. The van der Waals surface area contributed by atoms with Gasteiger partial charge in [0.25, 0.3) is 0 Å². The number of phenolic OH excluding ortho intramolecular Hbond substituents is 1. The van der Waals surface area contributed by atoms with Crippen LogP contribution in [-0.2, 0) is 0 Å². The average molecular weight is 248 g/mol. The molecule has 1 fully saturated rings. The molecule has 1 saturated heterocycles. The van der Waals surface area contributed by atoms with E-state index in [4.69, 9.17) is 16.7 Å². The van der Waals surface area contributed by atoms with E-state index >= 15 is 0 Å². The molecule has 0 saturated carbocycles. The molecule has 0 amide bonds. The lowest BCUT2D eigenvalue weighted by Crippen LogP contribution is -2.27. The summed E-state index contributed by atoms with van der Waals surface area (Å²) in [5.74, 6) is -3.07. The van der Waals surface area contributed by atoms with Crippen molar-refractivity contribution in [1.82, 2.24) is 5.32 Å². The topological polar surface area (TPSA) is 32.3 Å². The van der Waals surface area contributed by atoms with Gasteiger partial charge < -0.3 is 10.4 Å². The highest BCUT2D eigenvalue weighted by Gasteiger charge is 2.24. The molecule has 88 valence electrons. The van der Waals surface area contributed by atoms with Gasteiger partial charge in [-0.2, -0.15) is 4.39 Å². The minimum absolute atomic E-state index is 0.0335. The van der Waals surface area contributed by atoms with Crippen molar-refractivity contribution in [3.8, 4) is 5.75 Å². The third-order valence-electron chi connectivity index (χ3n) is 2.94. The van der Waals surface area contributed by atoms with E-state index < -0.39 is 17.4 Å². The van der Waals surface area contributed by atoms with Crippen LogP contribution in [0.3, 0.4) is 0 Å². The van der Waals surface area contributed by atoms with Crippen LogP contribution in [0.4, 0.5) is 8.78 Å². The maximum atomic E-state index is 13.6. The first-order valence-corrected chi connectivity index (χ1v) is 5.56. The van der Waals surface area contributed by atoms with Gasteiger partial charge in [0, 0.05) is 0 Å². The van der Waals surface area contributed by atoms with E-state index in [1.807, 2.05) is 0 Å². The molecular formula is C11H12ClF2NO. The number of phenols is 1. The summed E-state index contributed by atoms with van der Waals surface area (Å²) in [6.07, 6.45) is 1.49. The first kappa shape index (κ1) is 11.6. The zero-order chi connectivity index (χ0) is 11.7. The fraction of sp³-hybridized carbons (Fsp3) is 0.455. The van der Waals surface area contributed by atoms with Crippen molar-refractivity contribution >= 4 is 11.6 Å². The molecule has 1 aromatic carbocycles. The molecule has 2 rings (SSSR count). The highest BCUT2D eigenvalue weighted by Crippen LogP contribution is 2.36. The van der Waals surface area contributed by atoms with Crippen molar-refractivity contribution in [2.45, 2.75) is 18.8 Å². The Balaban J connectivity index is 2.40. The second kappa shape index (κ2) is 4.55. The van der Waals surface area contributed by atoms with Crippen molar-refractivity contribution < 1.29 is 13.9 Å². The molecule has 1 aromatic rings. The molecule has 0 spiro atoms. The molecule has 1 aliphatic heterocycles. The second-order valence-electron chi connectivity index (χ2n) is 3.95. The van der Waals surface area contributed by atoms with E-state index in [1.165, 1.54) is 6.07 Å². The number of hydrogen-bond donors (Lipinski definition) is 2. The Morgan fingerprint density at radius 2 is 1.88 bits per heavy atom. The maximum absolute atomic E-state index is 13.6. The lowest BCUT2D eigenvalue weighted by molar-refractivity contribution is 0.391. The molecule has 0 unspecified atom stereocenters. The summed E-state index contributed by atoms with van der Waals surface area (Å²) in [4.78, 5) is 0. The summed E-state index contributed by atoms with van der Waals surface area (Å²) < 4.78 is 26.9. The van der Waals surface area contributed by atoms with Crippen molar-refractivity contribution in [1.29, 1.82) is 0 Å². The number of benzene rings is 1. The van der Waals surface area contributed by atoms with Crippen LogP contribution in [0.2, 0.25) is 5.02 Å². The van der Waals surface area contributed by atoms with E-state index in [0.29, 0.717) is 0 Å². The summed E-state index contributed by atoms with van der Waals surface area (Å²) in [5, 5.41) is 12.2. The van der Waals surface area contributed by atoms with E-state index in [9.17, 15) is 8.78 Å². The first-order chi connectivity index (χ1) is 7.61. The summed E-state index contributed by atoms with van der Waals surface area (Å²) in [5.41, 5.74) is 0.266. The molecule has 0 bridgehead atoms. The minimum Gasteiger partial charge on any atom is -0.504 e. The zero-order valence-corrected chi connectivity index (χ0v) is 9.32. The fourth-order valence-corrected chi connectivity index (χ4v) is 2.23. The van der Waals surface area contributed by atoms with E-state index in [0.717, 1.165) is 25.9 Å². The Hall–Kier alpha value is -0.870. The molecule has 16 heavy (non-hydrogen) atoms. The minimum atomic E-state index is -1.25.